The third kappa shape index (κ3) is 5.16. The van der Waals surface area contributed by atoms with Crippen LogP contribution in [0.5, 0.6) is 0 Å². The molecule has 302 valence electrons. The van der Waals surface area contributed by atoms with Gasteiger partial charge in [-0.1, -0.05) is 158 Å². The molecule has 0 radical (unpaired) electrons. The molecule has 0 N–H and O–H groups in total. The summed E-state index contributed by atoms with van der Waals surface area (Å²) in [5.74, 6) is 0.765. The van der Waals surface area contributed by atoms with Gasteiger partial charge in [-0.15, -0.1) is 0 Å². The van der Waals surface area contributed by atoms with Gasteiger partial charge in [0.1, 0.15) is 11.5 Å². The van der Waals surface area contributed by atoms with Crippen LogP contribution in [0.1, 0.15) is 17.3 Å². The Morgan fingerprint density at radius 3 is 1.88 bits per heavy atom. The molecule has 5 nitrogen and oxygen atoms in total. The molecule has 8 aromatic carbocycles. The Morgan fingerprint density at radius 1 is 0.469 bits per heavy atom. The van der Waals surface area contributed by atoms with E-state index >= 15 is 4.39 Å². The lowest BCUT2D eigenvalue weighted by Gasteiger charge is -2.45. The van der Waals surface area contributed by atoms with Gasteiger partial charge in [-0.2, -0.15) is 0 Å². The first-order valence-corrected chi connectivity index (χ1v) is 23.7. The van der Waals surface area contributed by atoms with E-state index in [9.17, 15) is 0 Å². The first-order valence-electron chi connectivity index (χ1n) is 21.7. The second kappa shape index (κ2) is 14.2. The van der Waals surface area contributed by atoms with E-state index < -0.39 is 14.2 Å². The topological polar surface area (TPSA) is 38.4 Å². The molecule has 0 amide bonds. The fourth-order valence-corrected chi connectivity index (χ4v) is 15.8. The summed E-state index contributed by atoms with van der Waals surface area (Å²) >= 11 is 0. The molecule has 0 fully saturated rings. The molecule has 1 aliphatic rings. The number of benzene rings is 8. The van der Waals surface area contributed by atoms with Crippen LogP contribution in [0.25, 0.3) is 54.9 Å². The Kier molecular flexibility index (Phi) is 8.10. The Labute approximate surface area is 369 Å². The molecule has 0 aliphatic carbocycles. The van der Waals surface area contributed by atoms with E-state index in [4.69, 9.17) is 9.97 Å². The van der Waals surface area contributed by atoms with Gasteiger partial charge in [-0.25, -0.2) is 14.4 Å². The quantitative estimate of drug-likeness (QED) is 0.124. The minimum atomic E-state index is -3.01. The van der Waals surface area contributed by atoms with E-state index in [0.29, 0.717) is 11.1 Å². The van der Waals surface area contributed by atoms with Crippen molar-refractivity contribution < 1.29 is 4.39 Å². The summed E-state index contributed by atoms with van der Waals surface area (Å²) in [7, 11) is -3.01. The van der Waals surface area contributed by atoms with Gasteiger partial charge in [0, 0.05) is 51.5 Å². The van der Waals surface area contributed by atoms with E-state index in [1.54, 1.807) is 0 Å². The van der Waals surface area contributed by atoms with Gasteiger partial charge in [-0.05, 0) is 85.8 Å². The second-order valence-electron chi connectivity index (χ2n) is 16.6. The minimum absolute atomic E-state index is 0.573. The largest absolute Gasteiger partial charge is 0.309 e. The Morgan fingerprint density at radius 2 is 1.11 bits per heavy atom. The maximum absolute atomic E-state index is 17.5. The van der Waals surface area contributed by atoms with Gasteiger partial charge < -0.3 is 4.90 Å². The number of hydrogen-bond donors (Lipinski definition) is 0. The molecule has 0 spiro atoms. The fourth-order valence-electron chi connectivity index (χ4n) is 10.7. The van der Waals surface area contributed by atoms with Gasteiger partial charge in [0.05, 0.1) is 22.2 Å². The van der Waals surface area contributed by atoms with Gasteiger partial charge in [0.15, 0.2) is 14.2 Å². The highest BCUT2D eigenvalue weighted by Gasteiger charge is 2.50. The number of fused-ring (bicyclic) bond motifs is 12. The van der Waals surface area contributed by atoms with Gasteiger partial charge in [0.25, 0.3) is 0 Å². The molecule has 1 aliphatic heterocycles. The third-order valence-corrected chi connectivity index (χ3v) is 18.2. The maximum Gasteiger partial charge on any atom is 0.184 e. The highest BCUT2D eigenvalue weighted by Crippen LogP contribution is 2.46. The van der Waals surface area contributed by atoms with Crippen molar-refractivity contribution >= 4 is 95.0 Å². The summed E-state index contributed by atoms with van der Waals surface area (Å²) in [6.07, 6.45) is 4.23. The van der Waals surface area contributed by atoms with E-state index in [2.05, 4.69) is 172 Å². The van der Waals surface area contributed by atoms with Crippen molar-refractivity contribution in [3.05, 3.63) is 236 Å². The normalized spacial score (nSPS) is 13.7. The van der Waals surface area contributed by atoms with E-state index in [-0.39, 0.29) is 0 Å². The predicted octanol–water partition coefficient (Wildman–Crippen LogP) is 11.4. The maximum atomic E-state index is 17.5. The van der Waals surface area contributed by atoms with Crippen molar-refractivity contribution in [3.8, 4) is 5.82 Å². The van der Waals surface area contributed by atoms with Crippen molar-refractivity contribution in [2.24, 2.45) is 0 Å². The molecule has 64 heavy (non-hydrogen) atoms. The van der Waals surface area contributed by atoms with Gasteiger partial charge in [0.2, 0.25) is 0 Å². The number of hydrogen-bond acceptors (Lipinski definition) is 3. The number of imidazole rings is 1. The zero-order chi connectivity index (χ0) is 42.4. The number of halogens is 1. The summed E-state index contributed by atoms with van der Waals surface area (Å²) in [4.78, 5) is 12.2. The van der Waals surface area contributed by atoms with Crippen LogP contribution in [0, 0.1) is 0 Å². The number of aromatic nitrogens is 4. The highest BCUT2D eigenvalue weighted by atomic mass is 28.3. The molecule has 4 aromatic heterocycles. The SMILES string of the molecule is FC(c1ccc2c3ccccc3n3ccnc3c2c1)c1ccc2c3ccc4c(c3n(-c3ccccn3)c2c1)N(c1ccccc1)c1ccccc1[Si]4(c1ccccc1)c1ccccc1. The molecule has 0 saturated carbocycles. The molecule has 13 rings (SSSR count). The van der Waals surface area contributed by atoms with E-state index in [0.717, 1.165) is 72.0 Å². The highest BCUT2D eigenvalue weighted by molar-refractivity contribution is 7.21. The van der Waals surface area contributed by atoms with Crippen LogP contribution in [0.15, 0.2) is 225 Å². The Balaban J connectivity index is 1.12. The molecule has 0 saturated heterocycles. The second-order valence-corrected chi connectivity index (χ2v) is 20.4. The number of para-hydroxylation sites is 3. The van der Waals surface area contributed by atoms with Crippen LogP contribution in [0.3, 0.4) is 0 Å². The van der Waals surface area contributed by atoms with Gasteiger partial charge in [-0.3, -0.25) is 8.97 Å². The molecule has 7 heteroatoms. The van der Waals surface area contributed by atoms with Crippen LogP contribution in [-0.4, -0.2) is 27.0 Å². The molecule has 12 aromatic rings. The first kappa shape index (κ1) is 36.5. The Hall–Kier alpha value is -8.13. The monoisotopic (exact) mass is 839 g/mol. The average molecular weight is 840 g/mol. The lowest BCUT2D eigenvalue weighted by Crippen LogP contribution is -2.77. The number of anilines is 3. The number of nitrogens with zero attached hydrogens (tertiary/aromatic N) is 5. The van der Waals surface area contributed by atoms with Crippen molar-refractivity contribution in [1.29, 1.82) is 0 Å². The number of rotatable bonds is 6. The first-order chi connectivity index (χ1) is 31.7. The molecule has 1 atom stereocenters. The molecule has 1 unspecified atom stereocenters. The summed E-state index contributed by atoms with van der Waals surface area (Å²) < 4.78 is 21.9. The zero-order valence-corrected chi connectivity index (χ0v) is 35.6. The number of alkyl halides is 1. The van der Waals surface area contributed by atoms with Crippen molar-refractivity contribution in [2.45, 2.75) is 6.17 Å². The summed E-state index contributed by atoms with van der Waals surface area (Å²) in [6, 6.07) is 73.0. The average Bonchev–Trinajstić information content (AvgIpc) is 4.00. The van der Waals surface area contributed by atoms with Crippen LogP contribution in [-0.2, 0) is 0 Å². The predicted molar refractivity (Wildman–Crippen MR) is 264 cm³/mol. The zero-order valence-electron chi connectivity index (χ0n) is 34.6. The lowest BCUT2D eigenvalue weighted by atomic mass is 9.97. The van der Waals surface area contributed by atoms with E-state index in [1.807, 2.05) is 67.1 Å². The standard InChI is InChI=1S/C57H38FN5Si/c58-54(38-27-29-43-44-22-10-11-23-48(44)61-35-34-60-57(61)47(43)36-38)39-28-30-45-46-31-32-52-56(55(46)63(50(45)37-39)53-26-14-15-33-59-53)62(40-16-4-1-5-17-40)49-24-12-13-25-51(49)64(52,41-18-6-2-7-19-41)42-20-8-3-9-21-42/h1-37,54H. The molecule has 5 heterocycles. The molecule has 0 bridgehead atoms. The summed E-state index contributed by atoms with van der Waals surface area (Å²) in [5, 5.41) is 10.4. The van der Waals surface area contributed by atoms with Crippen LogP contribution in [0.4, 0.5) is 21.5 Å². The molecular formula is C57H38FN5Si. The smallest absolute Gasteiger partial charge is 0.184 e. The van der Waals surface area contributed by atoms with Gasteiger partial charge >= 0.3 is 0 Å². The lowest BCUT2D eigenvalue weighted by molar-refractivity contribution is 0.402. The Bertz CT molecular complexity index is 3720. The third-order valence-electron chi connectivity index (χ3n) is 13.4. The van der Waals surface area contributed by atoms with Crippen LogP contribution in [0.2, 0.25) is 0 Å². The van der Waals surface area contributed by atoms with Crippen molar-refractivity contribution in [1.82, 2.24) is 18.9 Å². The van der Waals surface area contributed by atoms with Crippen LogP contribution < -0.4 is 25.6 Å². The summed E-state index contributed by atoms with van der Waals surface area (Å²) in [6.45, 7) is 0. The van der Waals surface area contributed by atoms with Crippen LogP contribution >= 0.6 is 0 Å². The van der Waals surface area contributed by atoms with Crippen molar-refractivity contribution in [3.63, 3.8) is 0 Å². The summed E-state index contributed by atoms with van der Waals surface area (Å²) in [5.41, 5.74) is 8.27. The molecular weight excluding hydrogens is 802 g/mol. The van der Waals surface area contributed by atoms with Crippen molar-refractivity contribution in [2.75, 3.05) is 4.90 Å². The number of pyridine rings is 2. The van der Waals surface area contributed by atoms with E-state index in [1.165, 1.54) is 20.7 Å². The fraction of sp³-hybridized carbons (Fsp3) is 0.0175. The minimum Gasteiger partial charge on any atom is -0.309 e.